The number of amides is 2. The summed E-state index contributed by atoms with van der Waals surface area (Å²) in [4.78, 5) is 22.6. The van der Waals surface area contributed by atoms with Gasteiger partial charge in [0.15, 0.2) is 0 Å². The Morgan fingerprint density at radius 1 is 0.957 bits per heavy atom. The first-order valence-corrected chi connectivity index (χ1v) is 6.59. The maximum absolute atomic E-state index is 12.8. The van der Waals surface area contributed by atoms with E-state index in [0.717, 1.165) is 0 Å². The van der Waals surface area contributed by atoms with Crippen LogP contribution in [0, 0.1) is 5.92 Å². The van der Waals surface area contributed by atoms with E-state index in [-0.39, 0.29) is 30.9 Å². The smallest absolute Gasteiger partial charge is 0.296 e. The van der Waals surface area contributed by atoms with Crippen molar-refractivity contribution in [1.29, 1.82) is 0 Å². The van der Waals surface area contributed by atoms with Gasteiger partial charge in [-0.2, -0.15) is 26.3 Å². The lowest BCUT2D eigenvalue weighted by Gasteiger charge is -2.21. The predicted octanol–water partition coefficient (Wildman–Crippen LogP) is 3.32. The third-order valence-electron chi connectivity index (χ3n) is 3.48. The van der Waals surface area contributed by atoms with E-state index in [0.29, 0.717) is 12.1 Å². The lowest BCUT2D eigenvalue weighted by Crippen LogP contribution is -2.41. The molecule has 9 heteroatoms. The minimum absolute atomic E-state index is 0.00148. The average molecular weight is 339 g/mol. The molecule has 1 N–H and O–H groups in total. The van der Waals surface area contributed by atoms with Crippen molar-refractivity contribution in [2.75, 3.05) is 0 Å². The molecule has 2 rings (SSSR count). The largest absolute Gasteiger partial charge is 0.416 e. The van der Waals surface area contributed by atoms with Crippen molar-refractivity contribution in [3.63, 3.8) is 0 Å². The molecular formula is C14H11F6NO2. The molecule has 1 aromatic carbocycles. The minimum atomic E-state index is -4.93. The minimum Gasteiger partial charge on any atom is -0.296 e. The lowest BCUT2D eigenvalue weighted by atomic mass is 9.90. The Hall–Kier alpha value is -2.06. The van der Waals surface area contributed by atoms with Gasteiger partial charge in [0.05, 0.1) is 11.1 Å². The number of alkyl halides is 6. The second-order valence-corrected chi connectivity index (χ2v) is 5.27. The van der Waals surface area contributed by atoms with Crippen molar-refractivity contribution >= 4 is 11.8 Å². The van der Waals surface area contributed by atoms with E-state index in [4.69, 9.17) is 0 Å². The monoisotopic (exact) mass is 339 g/mol. The van der Waals surface area contributed by atoms with Gasteiger partial charge in [0.25, 0.3) is 0 Å². The predicted molar refractivity (Wildman–Crippen MR) is 66.0 cm³/mol. The van der Waals surface area contributed by atoms with Gasteiger partial charge in [0, 0.05) is 12.3 Å². The third kappa shape index (κ3) is 4.23. The van der Waals surface area contributed by atoms with Crippen molar-refractivity contribution in [1.82, 2.24) is 5.32 Å². The SMILES string of the molecule is O=C1CCC(Cc2cc(C(F)(F)F)cc(C(F)(F)F)c2)C(=O)N1. The molecule has 1 atom stereocenters. The summed E-state index contributed by atoms with van der Waals surface area (Å²) in [6.45, 7) is 0. The molecule has 1 heterocycles. The van der Waals surface area contributed by atoms with E-state index in [9.17, 15) is 35.9 Å². The van der Waals surface area contributed by atoms with Crippen molar-refractivity contribution in [2.45, 2.75) is 31.6 Å². The van der Waals surface area contributed by atoms with Crippen LogP contribution in [0.1, 0.15) is 29.5 Å². The number of rotatable bonds is 2. The fraction of sp³-hybridized carbons (Fsp3) is 0.429. The van der Waals surface area contributed by atoms with E-state index in [1.54, 1.807) is 0 Å². The van der Waals surface area contributed by atoms with Crippen LogP contribution in [0.15, 0.2) is 18.2 Å². The maximum Gasteiger partial charge on any atom is 0.416 e. The van der Waals surface area contributed by atoms with Crippen molar-refractivity contribution < 1.29 is 35.9 Å². The zero-order chi connectivity index (χ0) is 17.4. The third-order valence-corrected chi connectivity index (χ3v) is 3.48. The molecule has 0 saturated carbocycles. The highest BCUT2D eigenvalue weighted by atomic mass is 19.4. The van der Waals surface area contributed by atoms with E-state index in [1.165, 1.54) is 0 Å². The van der Waals surface area contributed by atoms with E-state index in [2.05, 4.69) is 0 Å². The molecule has 126 valence electrons. The van der Waals surface area contributed by atoms with Gasteiger partial charge in [-0.3, -0.25) is 14.9 Å². The van der Waals surface area contributed by atoms with Gasteiger partial charge in [0.1, 0.15) is 0 Å². The first kappa shape index (κ1) is 17.3. The van der Waals surface area contributed by atoms with Crippen LogP contribution in [0.25, 0.3) is 0 Å². The Morgan fingerprint density at radius 3 is 1.91 bits per heavy atom. The van der Waals surface area contributed by atoms with Gasteiger partial charge in [-0.15, -0.1) is 0 Å². The van der Waals surface area contributed by atoms with Crippen LogP contribution in [0.3, 0.4) is 0 Å². The van der Waals surface area contributed by atoms with Gasteiger partial charge < -0.3 is 0 Å². The number of halogens is 6. The van der Waals surface area contributed by atoms with Gasteiger partial charge in [0.2, 0.25) is 11.8 Å². The summed E-state index contributed by atoms with van der Waals surface area (Å²) in [5.74, 6) is -2.03. The number of carbonyl (C=O) groups is 2. The second kappa shape index (κ2) is 5.86. The fourth-order valence-electron chi connectivity index (χ4n) is 2.35. The Morgan fingerprint density at radius 2 is 1.48 bits per heavy atom. The van der Waals surface area contributed by atoms with Crippen LogP contribution >= 0.6 is 0 Å². The number of benzene rings is 1. The van der Waals surface area contributed by atoms with Gasteiger partial charge in [-0.05, 0) is 36.6 Å². The summed E-state index contributed by atoms with van der Waals surface area (Å²) in [6.07, 6.45) is -10.1. The van der Waals surface area contributed by atoms with Crippen molar-refractivity contribution in [3.05, 3.63) is 34.9 Å². The molecule has 1 aliphatic rings. The quantitative estimate of drug-likeness (QED) is 0.664. The van der Waals surface area contributed by atoms with Crippen LogP contribution in [0.5, 0.6) is 0 Å². The standard InChI is InChI=1S/C14H11F6NO2/c15-13(16,17)9-4-7(5-10(6-9)14(18,19)20)3-8-1-2-11(22)21-12(8)23/h4-6,8H,1-3H2,(H,21,22,23). The average Bonchev–Trinajstić information content (AvgIpc) is 2.40. The van der Waals surface area contributed by atoms with Crippen molar-refractivity contribution in [2.24, 2.45) is 5.92 Å². The molecule has 1 saturated heterocycles. The van der Waals surface area contributed by atoms with E-state index < -0.39 is 41.2 Å². The number of piperidine rings is 1. The molecule has 1 unspecified atom stereocenters. The molecule has 1 aromatic rings. The Kier molecular flexibility index (Phi) is 4.41. The van der Waals surface area contributed by atoms with Crippen LogP contribution in [0.2, 0.25) is 0 Å². The van der Waals surface area contributed by atoms with E-state index >= 15 is 0 Å². The van der Waals surface area contributed by atoms with Crippen LogP contribution in [-0.2, 0) is 28.4 Å². The summed E-state index contributed by atoms with van der Waals surface area (Å²) in [5.41, 5.74) is -3.09. The van der Waals surface area contributed by atoms with Crippen LogP contribution in [0.4, 0.5) is 26.3 Å². The van der Waals surface area contributed by atoms with Crippen LogP contribution in [-0.4, -0.2) is 11.8 Å². The number of hydrogen-bond acceptors (Lipinski definition) is 2. The molecule has 0 aromatic heterocycles. The summed E-state index contributed by atoms with van der Waals surface area (Å²) in [5, 5.41) is 2.02. The first-order valence-electron chi connectivity index (χ1n) is 6.59. The maximum atomic E-state index is 12.8. The number of imide groups is 1. The summed E-state index contributed by atoms with van der Waals surface area (Å²) in [7, 11) is 0. The zero-order valence-corrected chi connectivity index (χ0v) is 11.5. The Labute approximate surface area is 126 Å². The number of carbonyl (C=O) groups excluding carboxylic acids is 2. The normalized spacial score (nSPS) is 19.7. The number of nitrogens with one attached hydrogen (secondary N) is 1. The molecule has 0 aliphatic carbocycles. The summed E-state index contributed by atoms with van der Waals surface area (Å²) < 4.78 is 76.5. The molecule has 23 heavy (non-hydrogen) atoms. The molecule has 0 spiro atoms. The molecule has 3 nitrogen and oxygen atoms in total. The molecule has 1 fully saturated rings. The zero-order valence-electron chi connectivity index (χ0n) is 11.5. The molecule has 0 bridgehead atoms. The molecule has 1 aliphatic heterocycles. The Bertz CT molecular complexity index is 603. The second-order valence-electron chi connectivity index (χ2n) is 5.27. The van der Waals surface area contributed by atoms with Crippen molar-refractivity contribution in [3.8, 4) is 0 Å². The highest BCUT2D eigenvalue weighted by Crippen LogP contribution is 2.37. The summed E-state index contributed by atoms with van der Waals surface area (Å²) >= 11 is 0. The van der Waals surface area contributed by atoms with Gasteiger partial charge in [-0.25, -0.2) is 0 Å². The Balaban J connectivity index is 2.34. The van der Waals surface area contributed by atoms with E-state index in [1.807, 2.05) is 5.32 Å². The molecule has 2 amide bonds. The van der Waals surface area contributed by atoms with Crippen LogP contribution < -0.4 is 5.32 Å². The summed E-state index contributed by atoms with van der Waals surface area (Å²) in [6, 6.07) is 1.23. The molecular weight excluding hydrogens is 328 g/mol. The highest BCUT2D eigenvalue weighted by molar-refractivity contribution is 5.98. The topological polar surface area (TPSA) is 46.2 Å². The molecule has 0 radical (unpaired) electrons. The van der Waals surface area contributed by atoms with Gasteiger partial charge >= 0.3 is 12.4 Å². The fourth-order valence-corrected chi connectivity index (χ4v) is 2.35. The number of hydrogen-bond donors (Lipinski definition) is 1. The van der Waals surface area contributed by atoms with Gasteiger partial charge in [-0.1, -0.05) is 0 Å². The highest BCUT2D eigenvalue weighted by Gasteiger charge is 2.37. The first-order chi connectivity index (χ1) is 10.5. The lowest BCUT2D eigenvalue weighted by molar-refractivity contribution is -0.143.